The summed E-state index contributed by atoms with van der Waals surface area (Å²) in [5, 5.41) is 13.8. The maximum Gasteiger partial charge on any atom is 0.137 e. The summed E-state index contributed by atoms with van der Waals surface area (Å²) in [7, 11) is 1.58. The lowest BCUT2D eigenvalue weighted by atomic mass is 10.2. The minimum absolute atomic E-state index is 0.459. The fourth-order valence-electron chi connectivity index (χ4n) is 1.78. The molecule has 108 valence electrons. The Bertz CT molecular complexity index is 574. The third-order valence-electron chi connectivity index (χ3n) is 2.81. The first kappa shape index (κ1) is 15.6. The number of ether oxygens (including phenoxy) is 1. The smallest absolute Gasteiger partial charge is 0.137 e. The summed E-state index contributed by atoms with van der Waals surface area (Å²) in [5.41, 5.74) is 1.03. The van der Waals surface area contributed by atoms with Crippen LogP contribution in [-0.4, -0.2) is 18.8 Å². The fraction of sp³-hybridized carbons (Fsp3) is 0.286. The largest absolute Gasteiger partial charge is 0.495 e. The molecule has 0 aliphatic carbocycles. The van der Waals surface area contributed by atoms with Crippen molar-refractivity contribution in [3.05, 3.63) is 50.1 Å². The Morgan fingerprint density at radius 1 is 1.30 bits per heavy atom. The molecule has 2 rings (SSSR count). The molecule has 0 saturated carbocycles. The van der Waals surface area contributed by atoms with Crippen molar-refractivity contribution in [2.24, 2.45) is 0 Å². The second-order valence-electron chi connectivity index (χ2n) is 4.26. The van der Waals surface area contributed by atoms with Crippen molar-refractivity contribution in [2.75, 3.05) is 13.7 Å². The van der Waals surface area contributed by atoms with Gasteiger partial charge in [0.2, 0.25) is 0 Å². The zero-order valence-electron chi connectivity index (χ0n) is 10.9. The maximum absolute atomic E-state index is 9.99. The van der Waals surface area contributed by atoms with Gasteiger partial charge in [0, 0.05) is 18.0 Å². The van der Waals surface area contributed by atoms with Crippen LogP contribution in [0.1, 0.15) is 16.5 Å². The number of rotatable bonds is 6. The molecule has 1 atom stereocenters. The molecule has 0 saturated heterocycles. The van der Waals surface area contributed by atoms with E-state index in [4.69, 9.17) is 27.9 Å². The highest BCUT2D eigenvalue weighted by molar-refractivity contribution is 7.16. The van der Waals surface area contributed by atoms with Gasteiger partial charge in [0.1, 0.15) is 11.9 Å². The van der Waals surface area contributed by atoms with Crippen LogP contribution in [0.25, 0.3) is 0 Å². The van der Waals surface area contributed by atoms with Gasteiger partial charge in [-0.2, -0.15) is 0 Å². The molecule has 3 nitrogen and oxygen atoms in total. The summed E-state index contributed by atoms with van der Waals surface area (Å²) in [5.74, 6) is 0.656. The van der Waals surface area contributed by atoms with E-state index in [2.05, 4.69) is 5.32 Å². The van der Waals surface area contributed by atoms with E-state index in [-0.39, 0.29) is 0 Å². The monoisotopic (exact) mass is 331 g/mol. The lowest BCUT2D eigenvalue weighted by Crippen LogP contribution is -2.20. The van der Waals surface area contributed by atoms with E-state index in [1.165, 1.54) is 11.3 Å². The van der Waals surface area contributed by atoms with Gasteiger partial charge in [-0.1, -0.05) is 29.3 Å². The van der Waals surface area contributed by atoms with Crippen molar-refractivity contribution in [1.29, 1.82) is 0 Å². The van der Waals surface area contributed by atoms with E-state index in [1.807, 2.05) is 24.3 Å². The van der Waals surface area contributed by atoms with Gasteiger partial charge < -0.3 is 15.2 Å². The standard InChI is InChI=1S/C14H15Cl2NO2S/c1-19-12-3-2-9(6-10(12)15)7-17-8-11(18)13-4-5-14(16)20-13/h2-6,11,17-18H,7-8H2,1H3. The number of hydrogen-bond acceptors (Lipinski definition) is 4. The minimum atomic E-state index is -0.554. The Labute approximate surface area is 132 Å². The molecule has 20 heavy (non-hydrogen) atoms. The molecule has 0 bridgehead atoms. The number of halogens is 2. The van der Waals surface area contributed by atoms with Crippen molar-refractivity contribution in [3.8, 4) is 5.75 Å². The highest BCUT2D eigenvalue weighted by Crippen LogP contribution is 2.27. The molecule has 0 radical (unpaired) electrons. The van der Waals surface area contributed by atoms with E-state index in [1.54, 1.807) is 13.2 Å². The van der Waals surface area contributed by atoms with Crippen LogP contribution >= 0.6 is 34.5 Å². The topological polar surface area (TPSA) is 41.5 Å². The zero-order valence-corrected chi connectivity index (χ0v) is 13.2. The molecule has 0 spiro atoms. The molecular weight excluding hydrogens is 317 g/mol. The summed E-state index contributed by atoms with van der Waals surface area (Å²) < 4.78 is 5.78. The number of hydrogen-bond donors (Lipinski definition) is 2. The van der Waals surface area contributed by atoms with Crippen LogP contribution in [0.15, 0.2) is 30.3 Å². The molecule has 1 aromatic carbocycles. The van der Waals surface area contributed by atoms with Crippen LogP contribution in [0.4, 0.5) is 0 Å². The first-order valence-corrected chi connectivity index (χ1v) is 7.64. The number of benzene rings is 1. The lowest BCUT2D eigenvalue weighted by Gasteiger charge is -2.11. The highest BCUT2D eigenvalue weighted by atomic mass is 35.5. The highest BCUT2D eigenvalue weighted by Gasteiger charge is 2.10. The van der Waals surface area contributed by atoms with Crippen molar-refractivity contribution in [1.82, 2.24) is 5.32 Å². The molecule has 6 heteroatoms. The molecule has 2 aromatic rings. The SMILES string of the molecule is COc1ccc(CNCC(O)c2ccc(Cl)s2)cc1Cl. The van der Waals surface area contributed by atoms with Crippen LogP contribution in [0, 0.1) is 0 Å². The summed E-state index contributed by atoms with van der Waals surface area (Å²) in [4.78, 5) is 0.857. The summed E-state index contributed by atoms with van der Waals surface area (Å²) in [6, 6.07) is 9.24. The zero-order chi connectivity index (χ0) is 14.5. The van der Waals surface area contributed by atoms with Gasteiger partial charge in [-0.3, -0.25) is 0 Å². The second-order valence-corrected chi connectivity index (χ2v) is 6.41. The molecule has 1 aromatic heterocycles. The lowest BCUT2D eigenvalue weighted by molar-refractivity contribution is 0.178. The molecule has 1 unspecified atom stereocenters. The van der Waals surface area contributed by atoms with Gasteiger partial charge in [-0.15, -0.1) is 11.3 Å². The van der Waals surface area contributed by atoms with Gasteiger partial charge >= 0.3 is 0 Å². The summed E-state index contributed by atoms with van der Waals surface area (Å²) >= 11 is 13.3. The quantitative estimate of drug-likeness (QED) is 0.843. The number of methoxy groups -OCH3 is 1. The Morgan fingerprint density at radius 3 is 2.70 bits per heavy atom. The Morgan fingerprint density at radius 2 is 2.10 bits per heavy atom. The molecule has 0 aliphatic heterocycles. The van der Waals surface area contributed by atoms with Crippen molar-refractivity contribution >= 4 is 34.5 Å². The van der Waals surface area contributed by atoms with Crippen LogP contribution in [0.2, 0.25) is 9.36 Å². The van der Waals surface area contributed by atoms with Crippen LogP contribution < -0.4 is 10.1 Å². The van der Waals surface area contributed by atoms with Gasteiger partial charge in [0.15, 0.2) is 0 Å². The first-order chi connectivity index (χ1) is 9.60. The molecule has 0 aliphatic rings. The van der Waals surface area contributed by atoms with E-state index in [0.29, 0.717) is 28.2 Å². The minimum Gasteiger partial charge on any atom is -0.495 e. The number of nitrogens with one attached hydrogen (secondary N) is 1. The van der Waals surface area contributed by atoms with E-state index < -0.39 is 6.10 Å². The molecule has 2 N–H and O–H groups in total. The summed E-state index contributed by atoms with van der Waals surface area (Å²) in [6.45, 7) is 1.08. The Balaban J connectivity index is 1.85. The number of aliphatic hydroxyl groups excluding tert-OH is 1. The third kappa shape index (κ3) is 4.11. The molecule has 0 fully saturated rings. The first-order valence-electron chi connectivity index (χ1n) is 6.06. The molecule has 0 amide bonds. The van der Waals surface area contributed by atoms with E-state index >= 15 is 0 Å². The van der Waals surface area contributed by atoms with Gasteiger partial charge in [-0.25, -0.2) is 0 Å². The third-order valence-corrected chi connectivity index (χ3v) is 4.43. The predicted octanol–water partition coefficient (Wildman–Crippen LogP) is 3.89. The van der Waals surface area contributed by atoms with Crippen molar-refractivity contribution < 1.29 is 9.84 Å². The predicted molar refractivity (Wildman–Crippen MR) is 84.0 cm³/mol. The second kappa shape index (κ2) is 7.29. The Hall–Kier alpha value is -0.780. The van der Waals surface area contributed by atoms with Crippen molar-refractivity contribution in [3.63, 3.8) is 0 Å². The summed E-state index contributed by atoms with van der Waals surface area (Å²) in [6.07, 6.45) is -0.554. The maximum atomic E-state index is 9.99. The van der Waals surface area contributed by atoms with E-state index in [0.717, 1.165) is 10.4 Å². The normalized spacial score (nSPS) is 12.4. The Kier molecular flexibility index (Phi) is 5.69. The molecule has 1 heterocycles. The van der Waals surface area contributed by atoms with Crippen LogP contribution in [0.3, 0.4) is 0 Å². The van der Waals surface area contributed by atoms with Gasteiger partial charge in [0.05, 0.1) is 16.5 Å². The average molecular weight is 332 g/mol. The fourth-order valence-corrected chi connectivity index (χ4v) is 3.11. The van der Waals surface area contributed by atoms with Gasteiger partial charge in [0.25, 0.3) is 0 Å². The number of aliphatic hydroxyl groups is 1. The average Bonchev–Trinajstić information content (AvgIpc) is 2.85. The van der Waals surface area contributed by atoms with Crippen LogP contribution in [0.5, 0.6) is 5.75 Å². The molecular formula is C14H15Cl2NO2S. The number of thiophene rings is 1. The van der Waals surface area contributed by atoms with Crippen LogP contribution in [-0.2, 0) is 6.54 Å². The van der Waals surface area contributed by atoms with Crippen molar-refractivity contribution in [2.45, 2.75) is 12.6 Å². The van der Waals surface area contributed by atoms with Gasteiger partial charge in [-0.05, 0) is 29.8 Å². The van der Waals surface area contributed by atoms with E-state index in [9.17, 15) is 5.11 Å².